The molecule has 1 aliphatic rings. The van der Waals surface area contributed by atoms with Crippen molar-refractivity contribution < 1.29 is 4.74 Å². The minimum atomic E-state index is 0. The van der Waals surface area contributed by atoms with Crippen LogP contribution in [0.3, 0.4) is 0 Å². The summed E-state index contributed by atoms with van der Waals surface area (Å²) in [6.07, 6.45) is 0. The molecule has 27 heavy (non-hydrogen) atoms. The third-order valence-corrected chi connectivity index (χ3v) is 4.63. The van der Waals surface area contributed by atoms with Gasteiger partial charge in [0.15, 0.2) is 0 Å². The number of anilines is 1. The maximum atomic E-state index is 5.42. The molecule has 0 unspecified atom stereocenters. The highest BCUT2D eigenvalue weighted by atomic mass is 79.9. The van der Waals surface area contributed by atoms with Crippen LogP contribution in [0.15, 0.2) is 60.7 Å². The van der Waals surface area contributed by atoms with Crippen LogP contribution in [0, 0.1) is 0 Å². The van der Waals surface area contributed by atoms with Crippen molar-refractivity contribution in [1.82, 2.24) is 9.88 Å². The Morgan fingerprint density at radius 2 is 1.63 bits per heavy atom. The molecule has 0 spiro atoms. The van der Waals surface area contributed by atoms with Gasteiger partial charge in [-0.1, -0.05) is 48.5 Å². The molecular formula is C21H25Br2N3O. The van der Waals surface area contributed by atoms with E-state index in [4.69, 9.17) is 9.72 Å². The molecule has 1 saturated heterocycles. The van der Waals surface area contributed by atoms with Gasteiger partial charge in [0.2, 0.25) is 0 Å². The maximum Gasteiger partial charge on any atom is 0.0730 e. The van der Waals surface area contributed by atoms with Crippen LogP contribution in [0.4, 0.5) is 5.69 Å². The van der Waals surface area contributed by atoms with Gasteiger partial charge in [0.1, 0.15) is 0 Å². The predicted octanol–water partition coefficient (Wildman–Crippen LogP) is 4.80. The monoisotopic (exact) mass is 493 g/mol. The first-order valence-corrected chi connectivity index (χ1v) is 8.89. The highest BCUT2D eigenvalue weighted by molar-refractivity contribution is 8.93. The molecule has 1 N–H and O–H groups in total. The van der Waals surface area contributed by atoms with Crippen LogP contribution < -0.4 is 5.32 Å². The van der Waals surface area contributed by atoms with E-state index in [0.717, 1.165) is 61.9 Å². The van der Waals surface area contributed by atoms with Gasteiger partial charge in [-0.2, -0.15) is 0 Å². The summed E-state index contributed by atoms with van der Waals surface area (Å²) >= 11 is 0. The molecule has 3 aromatic rings. The Morgan fingerprint density at radius 1 is 0.926 bits per heavy atom. The van der Waals surface area contributed by atoms with Crippen molar-refractivity contribution in [3.05, 3.63) is 60.7 Å². The van der Waals surface area contributed by atoms with Gasteiger partial charge >= 0.3 is 0 Å². The summed E-state index contributed by atoms with van der Waals surface area (Å²) in [6, 6.07) is 20.8. The van der Waals surface area contributed by atoms with Crippen LogP contribution in [0.25, 0.3) is 22.2 Å². The van der Waals surface area contributed by atoms with Gasteiger partial charge in [0, 0.05) is 42.8 Å². The number of fused-ring (bicyclic) bond motifs is 1. The Morgan fingerprint density at radius 3 is 2.41 bits per heavy atom. The topological polar surface area (TPSA) is 37.4 Å². The van der Waals surface area contributed by atoms with E-state index in [9.17, 15) is 0 Å². The molecule has 0 atom stereocenters. The fourth-order valence-corrected chi connectivity index (χ4v) is 3.25. The number of aromatic nitrogens is 1. The van der Waals surface area contributed by atoms with Gasteiger partial charge < -0.3 is 10.1 Å². The van der Waals surface area contributed by atoms with E-state index >= 15 is 0 Å². The second-order valence-electron chi connectivity index (χ2n) is 6.32. The molecule has 4 nitrogen and oxygen atoms in total. The van der Waals surface area contributed by atoms with Gasteiger partial charge in [0.05, 0.1) is 24.4 Å². The molecule has 144 valence electrons. The van der Waals surface area contributed by atoms with Crippen molar-refractivity contribution in [2.24, 2.45) is 0 Å². The Hall–Kier alpha value is -1.47. The lowest BCUT2D eigenvalue weighted by Gasteiger charge is -2.26. The molecule has 1 fully saturated rings. The smallest absolute Gasteiger partial charge is 0.0730 e. The van der Waals surface area contributed by atoms with E-state index in [2.05, 4.69) is 58.7 Å². The summed E-state index contributed by atoms with van der Waals surface area (Å²) in [4.78, 5) is 7.28. The fraction of sp³-hybridized carbons (Fsp3) is 0.286. The van der Waals surface area contributed by atoms with Gasteiger partial charge in [-0.05, 0) is 12.1 Å². The highest BCUT2D eigenvalue weighted by Gasteiger charge is 2.11. The van der Waals surface area contributed by atoms with Crippen LogP contribution in [0.2, 0.25) is 0 Å². The molecule has 0 aliphatic carbocycles. The first-order valence-electron chi connectivity index (χ1n) is 8.89. The highest BCUT2D eigenvalue weighted by Crippen LogP contribution is 2.28. The third kappa shape index (κ3) is 5.51. The van der Waals surface area contributed by atoms with Crippen molar-refractivity contribution >= 4 is 50.6 Å². The minimum absolute atomic E-state index is 0. The van der Waals surface area contributed by atoms with Gasteiger partial charge in [-0.3, -0.25) is 4.90 Å². The van der Waals surface area contributed by atoms with Crippen LogP contribution >= 0.6 is 34.0 Å². The second-order valence-corrected chi connectivity index (χ2v) is 6.32. The zero-order valence-electron chi connectivity index (χ0n) is 15.1. The SMILES string of the molecule is Br.Br.c1ccc(-c2cc(NCCN3CCOCC3)c3ccccc3n2)cc1. The summed E-state index contributed by atoms with van der Waals surface area (Å²) in [6.45, 7) is 5.68. The second kappa shape index (κ2) is 10.8. The van der Waals surface area contributed by atoms with E-state index < -0.39 is 0 Å². The normalized spacial score (nSPS) is 14.2. The van der Waals surface area contributed by atoms with E-state index in [1.54, 1.807) is 0 Å². The molecule has 2 aromatic carbocycles. The quantitative estimate of drug-likeness (QED) is 0.552. The number of benzene rings is 2. The first kappa shape index (κ1) is 21.8. The van der Waals surface area contributed by atoms with Crippen molar-refractivity contribution in [2.45, 2.75) is 0 Å². The number of halogens is 2. The summed E-state index contributed by atoms with van der Waals surface area (Å²) in [7, 11) is 0. The lowest BCUT2D eigenvalue weighted by Crippen LogP contribution is -2.39. The predicted molar refractivity (Wildman–Crippen MR) is 124 cm³/mol. The summed E-state index contributed by atoms with van der Waals surface area (Å²) in [5.74, 6) is 0. The van der Waals surface area contributed by atoms with Gasteiger partial charge in [-0.25, -0.2) is 4.98 Å². The Kier molecular flexibility index (Phi) is 8.70. The number of nitrogens with one attached hydrogen (secondary N) is 1. The largest absolute Gasteiger partial charge is 0.383 e. The van der Waals surface area contributed by atoms with Crippen molar-refractivity contribution in [1.29, 1.82) is 0 Å². The zero-order valence-corrected chi connectivity index (χ0v) is 18.6. The van der Waals surface area contributed by atoms with Crippen molar-refractivity contribution in [2.75, 3.05) is 44.7 Å². The zero-order chi connectivity index (χ0) is 16.9. The summed E-state index contributed by atoms with van der Waals surface area (Å²) in [5, 5.41) is 4.79. The van der Waals surface area contributed by atoms with Crippen LogP contribution in [0.5, 0.6) is 0 Å². The van der Waals surface area contributed by atoms with Crippen molar-refractivity contribution in [3.63, 3.8) is 0 Å². The Labute approximate surface area is 181 Å². The molecule has 1 aliphatic heterocycles. The molecule has 6 heteroatoms. The lowest BCUT2D eigenvalue weighted by molar-refractivity contribution is 0.0398. The molecule has 0 bridgehead atoms. The lowest BCUT2D eigenvalue weighted by atomic mass is 10.1. The molecule has 0 saturated carbocycles. The summed E-state index contributed by atoms with van der Waals surface area (Å²) < 4.78 is 5.42. The molecule has 2 heterocycles. The first-order chi connectivity index (χ1) is 12.4. The molecule has 4 rings (SSSR count). The average molecular weight is 495 g/mol. The van der Waals surface area contributed by atoms with Crippen LogP contribution in [-0.4, -0.2) is 49.3 Å². The number of ether oxygens (including phenoxy) is 1. The minimum Gasteiger partial charge on any atom is -0.383 e. The Bertz CT molecular complexity index is 839. The number of hydrogen-bond donors (Lipinski definition) is 1. The molecular weight excluding hydrogens is 470 g/mol. The van der Waals surface area contributed by atoms with Crippen molar-refractivity contribution in [3.8, 4) is 11.3 Å². The van der Waals surface area contributed by atoms with E-state index in [-0.39, 0.29) is 34.0 Å². The van der Waals surface area contributed by atoms with Gasteiger partial charge in [0.25, 0.3) is 0 Å². The number of rotatable bonds is 5. The maximum absolute atomic E-state index is 5.42. The Balaban J connectivity index is 0.00000131. The van der Waals surface area contributed by atoms with E-state index in [1.807, 2.05) is 12.1 Å². The van der Waals surface area contributed by atoms with Crippen LogP contribution in [-0.2, 0) is 4.74 Å². The van der Waals surface area contributed by atoms with Crippen LogP contribution in [0.1, 0.15) is 0 Å². The number of para-hydroxylation sites is 1. The standard InChI is InChI=1S/C21H23N3O.2BrH/c1-2-6-17(7-3-1)20-16-21(18-8-4-5-9-19(18)23-20)22-10-11-24-12-14-25-15-13-24;;/h1-9,16H,10-15H2,(H,22,23);2*1H. The van der Waals surface area contributed by atoms with E-state index in [0.29, 0.717) is 0 Å². The molecule has 1 aromatic heterocycles. The van der Waals surface area contributed by atoms with E-state index in [1.165, 1.54) is 5.39 Å². The number of hydrogen-bond acceptors (Lipinski definition) is 4. The summed E-state index contributed by atoms with van der Waals surface area (Å²) in [5.41, 5.74) is 4.33. The number of morpholine rings is 1. The fourth-order valence-electron chi connectivity index (χ4n) is 3.25. The molecule has 0 amide bonds. The third-order valence-electron chi connectivity index (χ3n) is 4.63. The number of pyridine rings is 1. The van der Waals surface area contributed by atoms with Gasteiger partial charge in [-0.15, -0.1) is 34.0 Å². The number of nitrogens with zero attached hydrogens (tertiary/aromatic N) is 2. The average Bonchev–Trinajstić information content (AvgIpc) is 2.69. The molecule has 0 radical (unpaired) electrons.